The molecule has 0 bridgehead atoms. The summed E-state index contributed by atoms with van der Waals surface area (Å²) < 4.78 is 5.82. The van der Waals surface area contributed by atoms with Crippen LogP contribution in [-0.2, 0) is 0 Å². The van der Waals surface area contributed by atoms with E-state index in [9.17, 15) is 0 Å². The average molecular weight is 429 g/mol. The third kappa shape index (κ3) is 8.23. The molecule has 0 saturated carbocycles. The molecule has 0 saturated heterocycles. The first-order chi connectivity index (χ1) is 15.8. The molecule has 0 spiro atoms. The molecule has 2 aromatic carbocycles. The molecule has 0 amide bonds. The third-order valence-electron chi connectivity index (χ3n) is 6.46. The van der Waals surface area contributed by atoms with Crippen molar-refractivity contribution in [1.82, 2.24) is 0 Å². The zero-order valence-corrected chi connectivity index (χ0v) is 20.2. The highest BCUT2D eigenvalue weighted by molar-refractivity contribution is 5.67. The van der Waals surface area contributed by atoms with E-state index in [-0.39, 0.29) is 0 Å². The Morgan fingerprint density at radius 1 is 0.781 bits per heavy atom. The van der Waals surface area contributed by atoms with Crippen LogP contribution in [0.1, 0.15) is 101 Å². The van der Waals surface area contributed by atoms with Crippen LogP contribution < -0.4 is 4.74 Å². The SMILES string of the molecule is CCCCCCOc1ccc(C#Cc2ccc(C3=CCC(CCCCC)CC3)cc2)cc1. The second kappa shape index (κ2) is 13.8. The Kier molecular flexibility index (Phi) is 10.5. The fourth-order valence-electron chi connectivity index (χ4n) is 4.36. The fraction of sp³-hybridized carbons (Fsp3) is 0.484. The van der Waals surface area contributed by atoms with E-state index in [1.54, 1.807) is 0 Å². The van der Waals surface area contributed by atoms with Gasteiger partial charge in [-0.05, 0) is 79.1 Å². The first-order valence-corrected chi connectivity index (χ1v) is 12.8. The van der Waals surface area contributed by atoms with Gasteiger partial charge in [-0.3, -0.25) is 0 Å². The number of allylic oxidation sites excluding steroid dienone is 2. The van der Waals surface area contributed by atoms with Gasteiger partial charge in [-0.25, -0.2) is 0 Å². The minimum Gasteiger partial charge on any atom is -0.494 e. The Morgan fingerprint density at radius 2 is 1.44 bits per heavy atom. The zero-order chi connectivity index (χ0) is 22.4. The van der Waals surface area contributed by atoms with Gasteiger partial charge < -0.3 is 4.74 Å². The molecule has 1 unspecified atom stereocenters. The van der Waals surface area contributed by atoms with Gasteiger partial charge >= 0.3 is 0 Å². The minimum atomic E-state index is 0.799. The van der Waals surface area contributed by atoms with Crippen molar-refractivity contribution in [1.29, 1.82) is 0 Å². The summed E-state index contributed by atoms with van der Waals surface area (Å²) in [6.07, 6.45) is 16.7. The summed E-state index contributed by atoms with van der Waals surface area (Å²) in [6, 6.07) is 16.9. The molecule has 1 nitrogen and oxygen atoms in total. The van der Waals surface area contributed by atoms with Gasteiger partial charge in [0.1, 0.15) is 5.75 Å². The Morgan fingerprint density at radius 3 is 2.06 bits per heavy atom. The second-order valence-corrected chi connectivity index (χ2v) is 9.13. The van der Waals surface area contributed by atoms with Crippen molar-refractivity contribution >= 4 is 5.57 Å². The van der Waals surface area contributed by atoms with E-state index in [1.165, 1.54) is 75.3 Å². The molecule has 0 aliphatic heterocycles. The van der Waals surface area contributed by atoms with E-state index in [2.05, 4.69) is 56.0 Å². The van der Waals surface area contributed by atoms with Crippen LogP contribution in [0.15, 0.2) is 54.6 Å². The van der Waals surface area contributed by atoms with Crippen LogP contribution in [0.25, 0.3) is 5.57 Å². The number of hydrogen-bond donors (Lipinski definition) is 0. The maximum atomic E-state index is 5.82. The van der Waals surface area contributed by atoms with Gasteiger partial charge in [0.25, 0.3) is 0 Å². The van der Waals surface area contributed by atoms with Crippen molar-refractivity contribution in [2.24, 2.45) is 5.92 Å². The lowest BCUT2D eigenvalue weighted by Gasteiger charge is -2.22. The highest BCUT2D eigenvalue weighted by Crippen LogP contribution is 2.32. The van der Waals surface area contributed by atoms with Crippen molar-refractivity contribution in [3.05, 3.63) is 71.3 Å². The van der Waals surface area contributed by atoms with Crippen LogP contribution in [0.5, 0.6) is 5.75 Å². The minimum absolute atomic E-state index is 0.799. The molecule has 1 heteroatoms. The maximum absolute atomic E-state index is 5.82. The topological polar surface area (TPSA) is 9.23 Å². The van der Waals surface area contributed by atoms with Crippen molar-refractivity contribution in [3.63, 3.8) is 0 Å². The van der Waals surface area contributed by atoms with Gasteiger partial charge in [0, 0.05) is 11.1 Å². The predicted molar refractivity (Wildman–Crippen MR) is 138 cm³/mol. The van der Waals surface area contributed by atoms with Crippen molar-refractivity contribution in [2.45, 2.75) is 84.5 Å². The monoisotopic (exact) mass is 428 g/mol. The van der Waals surface area contributed by atoms with Crippen molar-refractivity contribution in [3.8, 4) is 17.6 Å². The molecule has 1 atom stereocenters. The van der Waals surface area contributed by atoms with Crippen LogP contribution in [0.2, 0.25) is 0 Å². The smallest absolute Gasteiger partial charge is 0.119 e. The molecule has 0 fully saturated rings. The van der Waals surface area contributed by atoms with Gasteiger partial charge in [0.2, 0.25) is 0 Å². The van der Waals surface area contributed by atoms with Gasteiger partial charge in [0.05, 0.1) is 6.61 Å². The number of rotatable bonds is 11. The van der Waals surface area contributed by atoms with Crippen LogP contribution in [0.4, 0.5) is 0 Å². The summed E-state index contributed by atoms with van der Waals surface area (Å²) in [6.45, 7) is 5.31. The molecule has 0 aromatic heterocycles. The fourth-order valence-corrected chi connectivity index (χ4v) is 4.36. The van der Waals surface area contributed by atoms with Gasteiger partial charge in [0.15, 0.2) is 0 Å². The lowest BCUT2D eigenvalue weighted by atomic mass is 9.84. The van der Waals surface area contributed by atoms with E-state index < -0.39 is 0 Å². The first-order valence-electron chi connectivity index (χ1n) is 12.8. The first kappa shape index (κ1) is 24.2. The van der Waals surface area contributed by atoms with E-state index in [1.807, 2.05) is 24.3 Å². The Bertz CT molecular complexity index is 877. The highest BCUT2D eigenvalue weighted by atomic mass is 16.5. The largest absolute Gasteiger partial charge is 0.494 e. The van der Waals surface area contributed by atoms with E-state index in [4.69, 9.17) is 4.74 Å². The van der Waals surface area contributed by atoms with Gasteiger partial charge in [-0.15, -0.1) is 0 Å². The van der Waals surface area contributed by atoms with Crippen LogP contribution in [0.3, 0.4) is 0 Å². The lowest BCUT2D eigenvalue weighted by Crippen LogP contribution is -2.05. The molecule has 0 N–H and O–H groups in total. The van der Waals surface area contributed by atoms with Crippen LogP contribution in [0, 0.1) is 17.8 Å². The molecule has 1 aliphatic carbocycles. The molecule has 0 radical (unpaired) electrons. The number of hydrogen-bond acceptors (Lipinski definition) is 1. The molecular formula is C31H40O. The van der Waals surface area contributed by atoms with Crippen molar-refractivity contribution in [2.75, 3.05) is 6.61 Å². The maximum Gasteiger partial charge on any atom is 0.119 e. The Balaban J connectivity index is 1.48. The van der Waals surface area contributed by atoms with Crippen LogP contribution >= 0.6 is 0 Å². The molecule has 2 aromatic rings. The zero-order valence-electron chi connectivity index (χ0n) is 20.2. The molecule has 170 valence electrons. The standard InChI is InChI=1S/C31H40O/c1-3-5-7-9-25-32-31-23-17-28(18-24-31)12-11-27-15-21-30(22-16-27)29-19-13-26(14-20-29)10-8-6-4-2/h15-19,21-24,26H,3-10,13-14,20,25H2,1-2H3. The van der Waals surface area contributed by atoms with E-state index in [0.29, 0.717) is 0 Å². The van der Waals surface area contributed by atoms with Crippen molar-refractivity contribution < 1.29 is 4.74 Å². The summed E-state index contributed by atoms with van der Waals surface area (Å²) >= 11 is 0. The highest BCUT2D eigenvalue weighted by Gasteiger charge is 2.15. The average Bonchev–Trinajstić information content (AvgIpc) is 2.84. The summed E-state index contributed by atoms with van der Waals surface area (Å²) in [4.78, 5) is 0. The van der Waals surface area contributed by atoms with E-state index in [0.717, 1.165) is 35.8 Å². The molecule has 1 aliphatic rings. The quantitative estimate of drug-likeness (QED) is 0.256. The van der Waals surface area contributed by atoms with Crippen LogP contribution in [-0.4, -0.2) is 6.61 Å². The summed E-state index contributed by atoms with van der Waals surface area (Å²) in [5, 5.41) is 0. The van der Waals surface area contributed by atoms with Gasteiger partial charge in [-0.1, -0.05) is 88.8 Å². The Labute approximate surface area is 196 Å². The molecule has 3 rings (SSSR count). The number of benzene rings is 2. The summed E-state index contributed by atoms with van der Waals surface area (Å²) in [5.74, 6) is 8.41. The number of unbranched alkanes of at least 4 members (excludes halogenated alkanes) is 5. The summed E-state index contributed by atoms with van der Waals surface area (Å²) in [5.41, 5.74) is 4.97. The van der Waals surface area contributed by atoms with Gasteiger partial charge in [-0.2, -0.15) is 0 Å². The molecular weight excluding hydrogens is 388 g/mol. The Hall–Kier alpha value is -2.46. The second-order valence-electron chi connectivity index (χ2n) is 9.13. The number of ether oxygens (including phenoxy) is 1. The predicted octanol–water partition coefficient (Wildman–Crippen LogP) is 8.81. The summed E-state index contributed by atoms with van der Waals surface area (Å²) in [7, 11) is 0. The normalized spacial score (nSPS) is 15.6. The third-order valence-corrected chi connectivity index (χ3v) is 6.46. The lowest BCUT2D eigenvalue weighted by molar-refractivity contribution is 0.305. The molecule has 0 heterocycles. The molecule has 32 heavy (non-hydrogen) atoms. The van der Waals surface area contributed by atoms with E-state index >= 15 is 0 Å².